The van der Waals surface area contributed by atoms with E-state index in [1.165, 1.54) is 12.1 Å². The Labute approximate surface area is 186 Å². The molecule has 160 valence electrons. The minimum absolute atomic E-state index is 0.0241. The number of H-pyrrole nitrogens is 1. The van der Waals surface area contributed by atoms with E-state index in [1.807, 2.05) is 0 Å². The lowest BCUT2D eigenvalue weighted by atomic mass is 10.1. The van der Waals surface area contributed by atoms with E-state index in [0.717, 1.165) is 6.07 Å². The number of nitrogens with zero attached hydrogens (tertiary/aromatic N) is 2. The van der Waals surface area contributed by atoms with E-state index in [-0.39, 0.29) is 22.1 Å². The molecule has 0 spiro atoms. The summed E-state index contributed by atoms with van der Waals surface area (Å²) in [5.41, 5.74) is 1.05. The zero-order chi connectivity index (χ0) is 22.7. The summed E-state index contributed by atoms with van der Waals surface area (Å²) < 4.78 is 5.54. The summed E-state index contributed by atoms with van der Waals surface area (Å²) in [5, 5.41) is 20.8. The number of carbonyl (C=O) groups excluding carboxylic acids is 2. The fraction of sp³-hybridized carbons (Fsp3) is 0.0455. The van der Waals surface area contributed by atoms with Gasteiger partial charge in [-0.15, -0.1) is 0 Å². The normalized spacial score (nSPS) is 11.7. The molecule has 1 unspecified atom stereocenters. The van der Waals surface area contributed by atoms with Crippen LogP contribution in [-0.2, 0) is 9.53 Å². The Morgan fingerprint density at radius 2 is 1.78 bits per heavy atom. The second kappa shape index (κ2) is 8.86. The number of ether oxygens (including phenoxy) is 1. The minimum Gasteiger partial charge on any atom is -0.442 e. The summed E-state index contributed by atoms with van der Waals surface area (Å²) >= 11 is 6.08. The fourth-order valence-corrected chi connectivity index (χ4v) is 3.32. The first kappa shape index (κ1) is 21.0. The molecule has 10 heteroatoms. The number of nitro benzene ring substituents is 1. The highest BCUT2D eigenvalue weighted by molar-refractivity contribution is 6.34. The molecule has 1 amide bonds. The lowest BCUT2D eigenvalue weighted by Crippen LogP contribution is -2.26. The molecule has 0 aliphatic heterocycles. The maximum Gasteiger partial charge on any atom is 0.360 e. The van der Waals surface area contributed by atoms with E-state index >= 15 is 0 Å². The van der Waals surface area contributed by atoms with Gasteiger partial charge in [-0.2, -0.15) is 5.10 Å². The van der Waals surface area contributed by atoms with Crippen molar-refractivity contribution in [3.8, 4) is 0 Å². The van der Waals surface area contributed by atoms with E-state index in [4.69, 9.17) is 16.3 Å². The van der Waals surface area contributed by atoms with Gasteiger partial charge in [0.15, 0.2) is 5.69 Å². The second-order valence-electron chi connectivity index (χ2n) is 6.72. The number of aromatic nitrogens is 2. The molecule has 1 aromatic heterocycles. The van der Waals surface area contributed by atoms with Gasteiger partial charge in [-0.25, -0.2) is 4.79 Å². The maximum atomic E-state index is 13.0. The van der Waals surface area contributed by atoms with E-state index in [2.05, 4.69) is 15.5 Å². The standard InChI is InChI=1S/C22H15ClN4O5/c23-16-12-14(27(30)31)10-11-18(16)24-21(28)20(13-6-2-1-3-7-13)32-22(29)19-15-8-4-5-9-17(15)25-26-19/h1-12,20H,(H,24,28)(H,25,26). The Morgan fingerprint density at radius 1 is 1.06 bits per heavy atom. The van der Waals surface area contributed by atoms with E-state index in [9.17, 15) is 19.7 Å². The first-order valence-corrected chi connectivity index (χ1v) is 9.75. The number of para-hydroxylation sites is 1. The Kier molecular flexibility index (Phi) is 5.82. The SMILES string of the molecule is O=C(OC(C(=O)Nc1ccc([N+](=O)[O-])cc1Cl)c1ccccc1)c1n[nH]c2ccccc12. The van der Waals surface area contributed by atoms with Crippen LogP contribution < -0.4 is 5.32 Å². The average molecular weight is 451 g/mol. The summed E-state index contributed by atoms with van der Waals surface area (Å²) in [6.07, 6.45) is -1.31. The van der Waals surface area contributed by atoms with Gasteiger partial charge in [0, 0.05) is 23.1 Å². The highest BCUT2D eigenvalue weighted by Gasteiger charge is 2.28. The third kappa shape index (κ3) is 4.28. The van der Waals surface area contributed by atoms with E-state index in [0.29, 0.717) is 16.5 Å². The van der Waals surface area contributed by atoms with Crippen molar-refractivity contribution >= 4 is 45.8 Å². The molecule has 0 aliphatic carbocycles. The topological polar surface area (TPSA) is 127 Å². The van der Waals surface area contributed by atoms with Gasteiger partial charge >= 0.3 is 5.97 Å². The number of amides is 1. The van der Waals surface area contributed by atoms with Gasteiger partial charge in [0.1, 0.15) is 0 Å². The molecule has 4 aromatic rings. The van der Waals surface area contributed by atoms with E-state index < -0.39 is 22.9 Å². The van der Waals surface area contributed by atoms with Gasteiger partial charge in [-0.05, 0) is 12.1 Å². The predicted molar refractivity (Wildman–Crippen MR) is 117 cm³/mol. The molecule has 2 N–H and O–H groups in total. The Hall–Kier alpha value is -4.24. The zero-order valence-corrected chi connectivity index (χ0v) is 17.1. The molecule has 0 saturated heterocycles. The van der Waals surface area contributed by atoms with Crippen molar-refractivity contribution in [2.45, 2.75) is 6.10 Å². The number of nitro groups is 1. The van der Waals surface area contributed by atoms with Crippen LogP contribution in [0.1, 0.15) is 22.2 Å². The van der Waals surface area contributed by atoms with Crippen LogP contribution in [0.15, 0.2) is 72.8 Å². The predicted octanol–water partition coefficient (Wildman–Crippen LogP) is 4.66. The van der Waals surface area contributed by atoms with Crippen LogP contribution in [0.3, 0.4) is 0 Å². The lowest BCUT2D eigenvalue weighted by Gasteiger charge is -2.18. The molecule has 0 saturated carbocycles. The van der Waals surface area contributed by atoms with Gasteiger partial charge < -0.3 is 10.1 Å². The molecular weight excluding hydrogens is 436 g/mol. The number of esters is 1. The molecule has 0 aliphatic rings. The van der Waals surface area contributed by atoms with Crippen LogP contribution in [0.4, 0.5) is 11.4 Å². The molecule has 3 aromatic carbocycles. The summed E-state index contributed by atoms with van der Waals surface area (Å²) in [6.45, 7) is 0. The molecule has 32 heavy (non-hydrogen) atoms. The molecule has 1 atom stereocenters. The maximum absolute atomic E-state index is 13.0. The van der Waals surface area contributed by atoms with Crippen LogP contribution in [-0.4, -0.2) is 27.0 Å². The molecule has 1 heterocycles. The molecule has 0 fully saturated rings. The molecule has 0 radical (unpaired) electrons. The first-order chi connectivity index (χ1) is 15.4. The third-order valence-corrected chi connectivity index (χ3v) is 4.96. The number of nitrogens with one attached hydrogen (secondary N) is 2. The van der Waals surface area contributed by atoms with Crippen molar-refractivity contribution < 1.29 is 19.2 Å². The van der Waals surface area contributed by atoms with Gasteiger partial charge in [0.2, 0.25) is 6.10 Å². The second-order valence-corrected chi connectivity index (χ2v) is 7.13. The van der Waals surface area contributed by atoms with Crippen LogP contribution in [0, 0.1) is 10.1 Å². The quantitative estimate of drug-likeness (QED) is 0.250. The minimum atomic E-state index is -1.31. The van der Waals surface area contributed by atoms with Crippen molar-refractivity contribution in [2.24, 2.45) is 0 Å². The van der Waals surface area contributed by atoms with E-state index in [1.54, 1.807) is 54.6 Å². The number of hydrogen-bond donors (Lipinski definition) is 2. The molecule has 0 bridgehead atoms. The summed E-state index contributed by atoms with van der Waals surface area (Å²) in [5.74, 6) is -1.47. The first-order valence-electron chi connectivity index (χ1n) is 9.38. The molecule has 9 nitrogen and oxygen atoms in total. The number of carbonyl (C=O) groups is 2. The van der Waals surface area contributed by atoms with Crippen molar-refractivity contribution in [3.05, 3.63) is 99.2 Å². The monoisotopic (exact) mass is 450 g/mol. The third-order valence-electron chi connectivity index (χ3n) is 4.65. The van der Waals surface area contributed by atoms with Crippen LogP contribution in [0.25, 0.3) is 10.9 Å². The van der Waals surface area contributed by atoms with Gasteiger partial charge in [0.05, 0.1) is 21.2 Å². The van der Waals surface area contributed by atoms with Crippen molar-refractivity contribution in [2.75, 3.05) is 5.32 Å². The highest BCUT2D eigenvalue weighted by atomic mass is 35.5. The van der Waals surface area contributed by atoms with Crippen LogP contribution in [0.5, 0.6) is 0 Å². The number of aromatic amines is 1. The number of rotatable bonds is 6. The largest absolute Gasteiger partial charge is 0.442 e. The number of anilines is 1. The van der Waals surface area contributed by atoms with Crippen molar-refractivity contribution in [3.63, 3.8) is 0 Å². The average Bonchev–Trinajstić information content (AvgIpc) is 3.23. The summed E-state index contributed by atoms with van der Waals surface area (Å²) in [6, 6.07) is 19.1. The number of fused-ring (bicyclic) bond motifs is 1. The molecule has 4 rings (SSSR count). The van der Waals surface area contributed by atoms with Crippen LogP contribution in [0.2, 0.25) is 5.02 Å². The summed E-state index contributed by atoms with van der Waals surface area (Å²) in [4.78, 5) is 36.2. The van der Waals surface area contributed by atoms with Crippen molar-refractivity contribution in [1.29, 1.82) is 0 Å². The number of hydrogen-bond acceptors (Lipinski definition) is 6. The number of halogens is 1. The smallest absolute Gasteiger partial charge is 0.360 e. The van der Waals surface area contributed by atoms with Gasteiger partial charge in [-0.3, -0.25) is 20.0 Å². The number of non-ortho nitro benzene ring substituents is 1. The molecular formula is C22H15ClN4O5. The Morgan fingerprint density at radius 3 is 2.50 bits per heavy atom. The van der Waals surface area contributed by atoms with Gasteiger partial charge in [-0.1, -0.05) is 60.1 Å². The summed E-state index contributed by atoms with van der Waals surface area (Å²) in [7, 11) is 0. The highest BCUT2D eigenvalue weighted by Crippen LogP contribution is 2.29. The lowest BCUT2D eigenvalue weighted by molar-refractivity contribution is -0.384. The number of benzene rings is 3. The Bertz CT molecular complexity index is 1320. The zero-order valence-electron chi connectivity index (χ0n) is 16.3. The van der Waals surface area contributed by atoms with Crippen molar-refractivity contribution in [1.82, 2.24) is 10.2 Å². The van der Waals surface area contributed by atoms with Crippen LogP contribution >= 0.6 is 11.6 Å². The Balaban J connectivity index is 1.62. The van der Waals surface area contributed by atoms with Gasteiger partial charge in [0.25, 0.3) is 11.6 Å². The fourth-order valence-electron chi connectivity index (χ4n) is 3.10.